The Kier molecular flexibility index (Phi) is 7.09. The van der Waals surface area contributed by atoms with Crippen LogP contribution in [0.15, 0.2) is 12.2 Å². The van der Waals surface area contributed by atoms with Crippen molar-refractivity contribution in [3.05, 3.63) is 12.2 Å². The van der Waals surface area contributed by atoms with Crippen LogP contribution in [0, 0.1) is 17.8 Å². The van der Waals surface area contributed by atoms with Gasteiger partial charge in [0.05, 0.1) is 13.2 Å². The van der Waals surface area contributed by atoms with Crippen LogP contribution in [-0.4, -0.2) is 19.5 Å². The van der Waals surface area contributed by atoms with Crippen molar-refractivity contribution < 1.29 is 9.47 Å². The second-order valence-electron chi connectivity index (χ2n) is 6.58. The van der Waals surface area contributed by atoms with Crippen LogP contribution in [0.4, 0.5) is 0 Å². The van der Waals surface area contributed by atoms with Gasteiger partial charge in [-0.05, 0) is 38.0 Å². The van der Waals surface area contributed by atoms with Crippen LogP contribution in [0.2, 0.25) is 0 Å². The topological polar surface area (TPSA) is 18.5 Å². The molecule has 1 aliphatic heterocycles. The molecule has 2 heteroatoms. The first kappa shape index (κ1) is 16.0. The van der Waals surface area contributed by atoms with E-state index in [2.05, 4.69) is 26.0 Å². The summed E-state index contributed by atoms with van der Waals surface area (Å²) in [5.74, 6) is 2.07. The minimum absolute atomic E-state index is 0.0772. The highest BCUT2D eigenvalue weighted by Crippen LogP contribution is 2.35. The number of ether oxygens (including phenoxy) is 2. The fourth-order valence-corrected chi connectivity index (χ4v) is 3.53. The summed E-state index contributed by atoms with van der Waals surface area (Å²) in [6.45, 7) is 6.20. The van der Waals surface area contributed by atoms with Gasteiger partial charge >= 0.3 is 0 Å². The van der Waals surface area contributed by atoms with Crippen LogP contribution >= 0.6 is 0 Å². The van der Waals surface area contributed by atoms with Crippen molar-refractivity contribution in [3.63, 3.8) is 0 Å². The maximum absolute atomic E-state index is 5.98. The van der Waals surface area contributed by atoms with Gasteiger partial charge in [0, 0.05) is 11.8 Å². The van der Waals surface area contributed by atoms with Gasteiger partial charge in [-0.25, -0.2) is 0 Å². The lowest BCUT2D eigenvalue weighted by molar-refractivity contribution is -0.223. The van der Waals surface area contributed by atoms with Crippen molar-refractivity contribution >= 4 is 0 Å². The number of hydrogen-bond acceptors (Lipinski definition) is 2. The van der Waals surface area contributed by atoms with Gasteiger partial charge in [-0.2, -0.15) is 0 Å². The monoisotopic (exact) mass is 280 g/mol. The first-order valence-electron chi connectivity index (χ1n) is 8.73. The molecule has 2 fully saturated rings. The van der Waals surface area contributed by atoms with Gasteiger partial charge in [-0.3, -0.25) is 0 Å². The zero-order valence-corrected chi connectivity index (χ0v) is 13.4. The molecule has 20 heavy (non-hydrogen) atoms. The second-order valence-corrected chi connectivity index (χ2v) is 6.58. The Morgan fingerprint density at radius 2 is 1.65 bits per heavy atom. The molecule has 0 amide bonds. The minimum Gasteiger partial charge on any atom is -0.352 e. The molecule has 116 valence electrons. The van der Waals surface area contributed by atoms with E-state index in [-0.39, 0.29) is 6.29 Å². The van der Waals surface area contributed by atoms with Crippen molar-refractivity contribution in [2.75, 3.05) is 13.2 Å². The average Bonchev–Trinajstić information content (AvgIpc) is 2.49. The molecule has 1 aliphatic carbocycles. The maximum atomic E-state index is 5.98. The van der Waals surface area contributed by atoms with Gasteiger partial charge in [0.1, 0.15) is 0 Å². The maximum Gasteiger partial charge on any atom is 0.160 e. The fraction of sp³-hybridized carbons (Fsp3) is 0.889. The second kappa shape index (κ2) is 8.84. The van der Waals surface area contributed by atoms with Crippen molar-refractivity contribution in [1.82, 2.24) is 0 Å². The Morgan fingerprint density at radius 3 is 2.25 bits per heavy atom. The van der Waals surface area contributed by atoms with Crippen molar-refractivity contribution in [2.45, 2.75) is 71.5 Å². The van der Waals surface area contributed by atoms with Gasteiger partial charge in [0.2, 0.25) is 0 Å². The predicted molar refractivity (Wildman–Crippen MR) is 83.6 cm³/mol. The molecule has 0 N–H and O–H groups in total. The molecular weight excluding hydrogens is 248 g/mol. The van der Waals surface area contributed by atoms with Gasteiger partial charge in [-0.15, -0.1) is 0 Å². The summed E-state index contributed by atoms with van der Waals surface area (Å²) in [6.07, 6.45) is 15.1. The first-order valence-corrected chi connectivity index (χ1v) is 8.73. The van der Waals surface area contributed by atoms with Crippen molar-refractivity contribution in [3.8, 4) is 0 Å². The zero-order chi connectivity index (χ0) is 14.2. The Labute approximate surface area is 124 Å². The van der Waals surface area contributed by atoms with E-state index in [0.717, 1.165) is 19.1 Å². The molecule has 1 heterocycles. The molecule has 0 bridgehead atoms. The van der Waals surface area contributed by atoms with Gasteiger partial charge in [0.25, 0.3) is 0 Å². The zero-order valence-electron chi connectivity index (χ0n) is 13.4. The minimum atomic E-state index is 0.0772. The quantitative estimate of drug-likeness (QED) is 0.642. The molecule has 1 saturated heterocycles. The van der Waals surface area contributed by atoms with E-state index in [9.17, 15) is 0 Å². The van der Waals surface area contributed by atoms with E-state index in [4.69, 9.17) is 9.47 Å². The molecule has 0 radical (unpaired) electrons. The van der Waals surface area contributed by atoms with Gasteiger partial charge in [-0.1, -0.05) is 45.3 Å². The summed E-state index contributed by atoms with van der Waals surface area (Å²) in [7, 11) is 0. The smallest absolute Gasteiger partial charge is 0.160 e. The highest BCUT2D eigenvalue weighted by molar-refractivity contribution is 4.90. The third-order valence-electron chi connectivity index (χ3n) is 4.79. The fourth-order valence-electron chi connectivity index (χ4n) is 3.53. The molecule has 0 aromatic rings. The molecule has 2 rings (SSSR count). The Morgan fingerprint density at radius 1 is 0.950 bits per heavy atom. The molecule has 0 spiro atoms. The molecule has 0 aromatic carbocycles. The van der Waals surface area contributed by atoms with Gasteiger partial charge < -0.3 is 9.47 Å². The Hall–Kier alpha value is -0.340. The highest BCUT2D eigenvalue weighted by Gasteiger charge is 2.31. The highest BCUT2D eigenvalue weighted by atomic mass is 16.7. The average molecular weight is 280 g/mol. The Bertz CT molecular complexity index is 271. The number of unbranched alkanes of at least 4 members (excludes halogenated alkanes) is 1. The number of rotatable bonds is 6. The lowest BCUT2D eigenvalue weighted by Crippen LogP contribution is -2.38. The normalized spacial score (nSPS) is 35.5. The third-order valence-corrected chi connectivity index (χ3v) is 4.79. The molecule has 1 saturated carbocycles. The molecular formula is C18H32O2. The van der Waals surface area contributed by atoms with E-state index in [0.29, 0.717) is 11.8 Å². The van der Waals surface area contributed by atoms with E-state index in [1.165, 1.54) is 51.4 Å². The summed E-state index contributed by atoms with van der Waals surface area (Å²) >= 11 is 0. The summed E-state index contributed by atoms with van der Waals surface area (Å²) in [4.78, 5) is 0. The number of allylic oxidation sites excluding steroid dienone is 1. The first-order chi connectivity index (χ1) is 9.83. The van der Waals surface area contributed by atoms with E-state index >= 15 is 0 Å². The van der Waals surface area contributed by atoms with Crippen molar-refractivity contribution in [1.29, 1.82) is 0 Å². The lowest BCUT2D eigenvalue weighted by Gasteiger charge is -2.37. The van der Waals surface area contributed by atoms with Crippen LogP contribution in [0.1, 0.15) is 65.2 Å². The largest absolute Gasteiger partial charge is 0.352 e. The summed E-state index contributed by atoms with van der Waals surface area (Å²) < 4.78 is 12.0. The van der Waals surface area contributed by atoms with Gasteiger partial charge in [0.15, 0.2) is 6.29 Å². The summed E-state index contributed by atoms with van der Waals surface area (Å²) in [5.41, 5.74) is 0. The molecule has 0 unspecified atom stereocenters. The predicted octanol–water partition coefficient (Wildman–Crippen LogP) is 4.94. The Balaban J connectivity index is 1.67. The van der Waals surface area contributed by atoms with E-state index < -0.39 is 0 Å². The standard InChI is InChI=1S/C18H32O2/c1-3-5-6-8-16-13-19-18(20-14-16)17-11-9-15(7-4-2)10-12-17/h6,8,15-18H,3-5,7,9-14H2,1-2H3/t15-,16-,17-,18-. The summed E-state index contributed by atoms with van der Waals surface area (Å²) in [6, 6.07) is 0. The molecule has 0 aromatic heterocycles. The molecule has 0 atom stereocenters. The molecule has 2 nitrogen and oxygen atoms in total. The van der Waals surface area contributed by atoms with Crippen molar-refractivity contribution in [2.24, 2.45) is 17.8 Å². The molecule has 2 aliphatic rings. The number of hydrogen-bond donors (Lipinski definition) is 0. The summed E-state index contributed by atoms with van der Waals surface area (Å²) in [5, 5.41) is 0. The van der Waals surface area contributed by atoms with E-state index in [1.807, 2.05) is 0 Å². The van der Waals surface area contributed by atoms with E-state index in [1.54, 1.807) is 0 Å². The van der Waals surface area contributed by atoms with Crippen LogP contribution in [0.5, 0.6) is 0 Å². The van der Waals surface area contributed by atoms with Crippen LogP contribution in [-0.2, 0) is 9.47 Å². The van der Waals surface area contributed by atoms with Crippen LogP contribution in [0.25, 0.3) is 0 Å². The third kappa shape index (κ3) is 4.89. The van der Waals surface area contributed by atoms with Crippen LogP contribution in [0.3, 0.4) is 0 Å². The van der Waals surface area contributed by atoms with Crippen LogP contribution < -0.4 is 0 Å². The SMILES string of the molecule is CCCC=C[C@H]1CO[C@H]([C@H]2CC[C@H](CCC)CC2)OC1. The lowest BCUT2D eigenvalue weighted by atomic mass is 9.79.